The summed E-state index contributed by atoms with van der Waals surface area (Å²) in [4.78, 5) is 31.1. The number of hydrogen-bond acceptors (Lipinski definition) is 4. The molecule has 0 aliphatic carbocycles. The molecule has 0 atom stereocenters. The van der Waals surface area contributed by atoms with E-state index in [-0.39, 0.29) is 24.6 Å². The zero-order valence-corrected chi connectivity index (χ0v) is 19.1. The Labute approximate surface area is 200 Å². The molecule has 0 unspecified atom stereocenters. The van der Waals surface area contributed by atoms with E-state index >= 15 is 0 Å². The van der Waals surface area contributed by atoms with Crippen LogP contribution in [0.25, 0.3) is 21.9 Å². The zero-order chi connectivity index (χ0) is 23.7. The van der Waals surface area contributed by atoms with Gasteiger partial charge in [0.2, 0.25) is 5.91 Å². The average Bonchev–Trinajstić information content (AvgIpc) is 3.16. The molecule has 5 rings (SSSR count). The molecule has 0 saturated carbocycles. The second kappa shape index (κ2) is 9.03. The van der Waals surface area contributed by atoms with Gasteiger partial charge in [-0.3, -0.25) is 14.2 Å². The topological polar surface area (TPSA) is 78.2 Å². The number of aromatic nitrogens is 3. The van der Waals surface area contributed by atoms with Crippen molar-refractivity contribution in [3.63, 3.8) is 0 Å². The number of nitrogens with zero attached hydrogens (tertiary/aromatic N) is 3. The molecule has 0 aliphatic rings. The molecule has 0 aliphatic heterocycles. The van der Waals surface area contributed by atoms with Crippen LogP contribution in [0.3, 0.4) is 0 Å². The summed E-state index contributed by atoms with van der Waals surface area (Å²) >= 11 is 6.30. The smallest absolute Gasteiger partial charge is 0.278 e. The van der Waals surface area contributed by atoms with Crippen LogP contribution in [0.1, 0.15) is 5.56 Å². The first kappa shape index (κ1) is 21.7. The summed E-state index contributed by atoms with van der Waals surface area (Å²) in [5.41, 5.74) is 2.92. The molecule has 0 fully saturated rings. The highest BCUT2D eigenvalue weighted by atomic mass is 35.5. The number of nitrogens with one attached hydrogen (secondary N) is 1. The Kier molecular flexibility index (Phi) is 5.77. The van der Waals surface area contributed by atoms with E-state index in [9.17, 15) is 9.59 Å². The molecule has 8 heteroatoms. The van der Waals surface area contributed by atoms with Crippen molar-refractivity contribution in [2.75, 3.05) is 12.4 Å². The Morgan fingerprint density at radius 2 is 1.76 bits per heavy atom. The van der Waals surface area contributed by atoms with Crippen LogP contribution >= 0.6 is 11.6 Å². The van der Waals surface area contributed by atoms with Gasteiger partial charge in [-0.1, -0.05) is 48.0 Å². The van der Waals surface area contributed by atoms with Crippen LogP contribution in [-0.2, 0) is 17.9 Å². The lowest BCUT2D eigenvalue weighted by Crippen LogP contribution is -2.25. The Morgan fingerprint density at radius 1 is 1.03 bits per heavy atom. The Balaban J connectivity index is 1.55. The summed E-state index contributed by atoms with van der Waals surface area (Å²) in [5.74, 6) is 0.444. The number of benzene rings is 3. The molecule has 1 amide bonds. The van der Waals surface area contributed by atoms with Gasteiger partial charge in [0, 0.05) is 16.1 Å². The van der Waals surface area contributed by atoms with Crippen molar-refractivity contribution < 1.29 is 9.53 Å². The fraction of sp³-hybridized carbons (Fsp3) is 0.115. The van der Waals surface area contributed by atoms with Gasteiger partial charge in [-0.2, -0.15) is 0 Å². The highest BCUT2D eigenvalue weighted by molar-refractivity contribution is 6.31. The fourth-order valence-corrected chi connectivity index (χ4v) is 4.25. The Hall–Kier alpha value is -4.10. The number of carbonyl (C=O) groups excluding carboxylic acids is 1. The summed E-state index contributed by atoms with van der Waals surface area (Å²) in [6, 6.07) is 22.0. The maximum absolute atomic E-state index is 13.6. The van der Waals surface area contributed by atoms with Crippen LogP contribution in [0.5, 0.6) is 5.75 Å². The SMILES string of the molecule is COc1ccc(NC(=O)Cn2c3ccccc3c3ncn(Cc4ccccc4Cl)c(=O)c32)cc1. The number of methoxy groups -OCH3 is 1. The fourth-order valence-electron chi connectivity index (χ4n) is 4.05. The first-order chi connectivity index (χ1) is 16.5. The third kappa shape index (κ3) is 4.02. The lowest BCUT2D eigenvalue weighted by atomic mass is 10.2. The van der Waals surface area contributed by atoms with E-state index in [0.29, 0.717) is 27.5 Å². The molecule has 5 aromatic rings. The normalized spacial score (nSPS) is 11.1. The van der Waals surface area contributed by atoms with E-state index in [1.807, 2.05) is 42.5 Å². The van der Waals surface area contributed by atoms with E-state index in [2.05, 4.69) is 10.3 Å². The molecule has 170 valence electrons. The van der Waals surface area contributed by atoms with Gasteiger partial charge in [-0.15, -0.1) is 0 Å². The highest BCUT2D eigenvalue weighted by Crippen LogP contribution is 2.26. The molecule has 0 radical (unpaired) electrons. The minimum Gasteiger partial charge on any atom is -0.497 e. The zero-order valence-electron chi connectivity index (χ0n) is 18.4. The molecule has 1 N–H and O–H groups in total. The summed E-state index contributed by atoms with van der Waals surface area (Å²) < 4.78 is 8.40. The quantitative estimate of drug-likeness (QED) is 0.388. The maximum Gasteiger partial charge on any atom is 0.278 e. The van der Waals surface area contributed by atoms with Crippen molar-refractivity contribution in [1.82, 2.24) is 14.1 Å². The first-order valence-electron chi connectivity index (χ1n) is 10.7. The van der Waals surface area contributed by atoms with Crippen LogP contribution in [0.2, 0.25) is 5.02 Å². The van der Waals surface area contributed by atoms with E-state index < -0.39 is 0 Å². The molecule has 0 saturated heterocycles. The molecule has 3 aromatic carbocycles. The van der Waals surface area contributed by atoms with Crippen LogP contribution in [0, 0.1) is 0 Å². The molecule has 0 bridgehead atoms. The number of hydrogen-bond donors (Lipinski definition) is 1. The summed E-state index contributed by atoms with van der Waals surface area (Å²) in [6.07, 6.45) is 1.53. The van der Waals surface area contributed by atoms with Crippen LogP contribution < -0.4 is 15.6 Å². The number of amides is 1. The van der Waals surface area contributed by atoms with Gasteiger partial charge < -0.3 is 14.6 Å². The third-order valence-corrected chi connectivity index (χ3v) is 6.08. The predicted molar refractivity (Wildman–Crippen MR) is 134 cm³/mol. The van der Waals surface area contributed by atoms with Crippen LogP contribution in [0.4, 0.5) is 5.69 Å². The minimum absolute atomic E-state index is 0.0386. The van der Waals surface area contributed by atoms with Gasteiger partial charge >= 0.3 is 0 Å². The van der Waals surface area contributed by atoms with Gasteiger partial charge in [-0.05, 0) is 42.0 Å². The summed E-state index contributed by atoms with van der Waals surface area (Å²) in [5, 5.41) is 4.27. The van der Waals surface area contributed by atoms with Crippen LogP contribution in [-0.4, -0.2) is 27.1 Å². The summed E-state index contributed by atoms with van der Waals surface area (Å²) in [6.45, 7) is 0.240. The molecule has 2 heterocycles. The maximum atomic E-state index is 13.6. The first-order valence-corrected chi connectivity index (χ1v) is 11.1. The number of fused-ring (bicyclic) bond motifs is 3. The largest absolute Gasteiger partial charge is 0.497 e. The van der Waals surface area contributed by atoms with Gasteiger partial charge in [0.05, 0.1) is 25.5 Å². The van der Waals surface area contributed by atoms with Crippen molar-refractivity contribution in [2.24, 2.45) is 0 Å². The van der Waals surface area contributed by atoms with Crippen molar-refractivity contribution in [3.8, 4) is 5.75 Å². The average molecular weight is 473 g/mol. The molecular formula is C26H21ClN4O3. The number of anilines is 1. The number of halogens is 1. The van der Waals surface area contributed by atoms with Crippen molar-refractivity contribution in [2.45, 2.75) is 13.1 Å². The predicted octanol–water partition coefficient (Wildman–Crippen LogP) is 4.70. The van der Waals surface area contributed by atoms with Crippen LogP contribution in [0.15, 0.2) is 83.9 Å². The Morgan fingerprint density at radius 3 is 2.53 bits per heavy atom. The van der Waals surface area contributed by atoms with E-state index in [1.54, 1.807) is 42.0 Å². The van der Waals surface area contributed by atoms with Crippen molar-refractivity contribution >= 4 is 45.1 Å². The molecule has 2 aromatic heterocycles. The second-order valence-electron chi connectivity index (χ2n) is 7.85. The number of ether oxygens (including phenoxy) is 1. The van der Waals surface area contributed by atoms with E-state index in [0.717, 1.165) is 16.5 Å². The molecule has 7 nitrogen and oxygen atoms in total. The lowest BCUT2D eigenvalue weighted by molar-refractivity contribution is -0.116. The third-order valence-electron chi connectivity index (χ3n) is 5.71. The number of para-hydroxylation sites is 1. The van der Waals surface area contributed by atoms with Crippen molar-refractivity contribution in [1.29, 1.82) is 0 Å². The monoisotopic (exact) mass is 472 g/mol. The number of rotatable bonds is 6. The van der Waals surface area contributed by atoms with Gasteiger partial charge in [0.15, 0.2) is 0 Å². The van der Waals surface area contributed by atoms with E-state index in [4.69, 9.17) is 16.3 Å². The molecular weight excluding hydrogens is 452 g/mol. The minimum atomic E-state index is -0.256. The van der Waals surface area contributed by atoms with E-state index in [1.165, 1.54) is 10.9 Å². The van der Waals surface area contributed by atoms with Gasteiger partial charge in [0.25, 0.3) is 5.56 Å². The molecule has 34 heavy (non-hydrogen) atoms. The highest BCUT2D eigenvalue weighted by Gasteiger charge is 2.18. The standard InChI is InChI=1S/C26H21ClN4O3/c1-34-19-12-10-18(11-13-19)29-23(32)15-31-22-9-5-3-7-20(22)24-25(31)26(33)30(16-28-24)14-17-6-2-4-8-21(17)27/h2-13,16H,14-15H2,1H3,(H,29,32). The second-order valence-corrected chi connectivity index (χ2v) is 8.25. The Bertz CT molecular complexity index is 1570. The van der Waals surface area contributed by atoms with Crippen molar-refractivity contribution in [3.05, 3.63) is 100 Å². The van der Waals surface area contributed by atoms with Gasteiger partial charge in [-0.25, -0.2) is 4.98 Å². The summed E-state index contributed by atoms with van der Waals surface area (Å²) in [7, 11) is 1.59. The molecule has 0 spiro atoms. The van der Waals surface area contributed by atoms with Gasteiger partial charge in [0.1, 0.15) is 23.3 Å². The lowest BCUT2D eigenvalue weighted by Gasteiger charge is -2.11. The number of carbonyl (C=O) groups is 1.